The molecule has 0 aromatic carbocycles. The first-order valence-electron chi connectivity index (χ1n) is 5.91. The summed E-state index contributed by atoms with van der Waals surface area (Å²) in [5, 5.41) is 14.8. The molecule has 1 rings (SSSR count). The van der Waals surface area contributed by atoms with E-state index in [4.69, 9.17) is 11.6 Å². The largest absolute Gasteiger partial charge is 0.393 e. The highest BCUT2D eigenvalue weighted by molar-refractivity contribution is 6.31. The van der Waals surface area contributed by atoms with E-state index in [2.05, 4.69) is 18.9 Å². The fourth-order valence-corrected chi connectivity index (χ4v) is 2.18. The Kier molecular flexibility index (Phi) is 4.81. The molecule has 1 heterocycles. The third kappa shape index (κ3) is 2.77. The van der Waals surface area contributed by atoms with Gasteiger partial charge in [-0.25, -0.2) is 0 Å². The topological polar surface area (TPSA) is 38.0 Å². The van der Waals surface area contributed by atoms with Crippen molar-refractivity contribution in [3.63, 3.8) is 0 Å². The van der Waals surface area contributed by atoms with E-state index in [0.29, 0.717) is 0 Å². The lowest BCUT2D eigenvalue weighted by Gasteiger charge is -2.18. The van der Waals surface area contributed by atoms with Crippen LogP contribution < -0.4 is 0 Å². The van der Waals surface area contributed by atoms with E-state index in [0.717, 1.165) is 35.8 Å². The van der Waals surface area contributed by atoms with Crippen molar-refractivity contribution in [2.24, 2.45) is 5.92 Å². The molecule has 2 atom stereocenters. The molecular weight excluding hydrogens is 224 g/mol. The quantitative estimate of drug-likeness (QED) is 0.865. The number of aryl methyl sites for hydroxylation is 2. The minimum Gasteiger partial charge on any atom is -0.393 e. The van der Waals surface area contributed by atoms with Crippen LogP contribution in [0.25, 0.3) is 0 Å². The second-order valence-corrected chi connectivity index (χ2v) is 4.65. The number of halogens is 1. The summed E-state index contributed by atoms with van der Waals surface area (Å²) in [6.07, 6.45) is 1.44. The van der Waals surface area contributed by atoms with Gasteiger partial charge in [-0.15, -0.1) is 0 Å². The number of hydrogen-bond acceptors (Lipinski definition) is 2. The van der Waals surface area contributed by atoms with Gasteiger partial charge in [0.1, 0.15) is 0 Å². The van der Waals surface area contributed by atoms with Crippen molar-refractivity contribution in [2.45, 2.75) is 53.2 Å². The number of aliphatic hydroxyl groups is 1. The van der Waals surface area contributed by atoms with Crippen LogP contribution in [-0.2, 0) is 13.0 Å². The lowest BCUT2D eigenvalue weighted by Crippen LogP contribution is -2.20. The van der Waals surface area contributed by atoms with Crippen LogP contribution in [-0.4, -0.2) is 21.0 Å². The van der Waals surface area contributed by atoms with Crippen molar-refractivity contribution in [3.8, 4) is 0 Å². The van der Waals surface area contributed by atoms with Crippen molar-refractivity contribution in [1.29, 1.82) is 0 Å². The van der Waals surface area contributed by atoms with E-state index in [1.54, 1.807) is 0 Å². The van der Waals surface area contributed by atoms with Crippen LogP contribution in [0.5, 0.6) is 0 Å². The third-order valence-electron chi connectivity index (χ3n) is 3.11. The molecule has 0 spiro atoms. The van der Waals surface area contributed by atoms with Crippen molar-refractivity contribution in [2.75, 3.05) is 0 Å². The summed E-state index contributed by atoms with van der Waals surface area (Å²) in [4.78, 5) is 0. The van der Waals surface area contributed by atoms with Crippen molar-refractivity contribution >= 4 is 11.6 Å². The number of hydrogen-bond donors (Lipinski definition) is 1. The van der Waals surface area contributed by atoms with E-state index < -0.39 is 0 Å². The molecule has 16 heavy (non-hydrogen) atoms. The van der Waals surface area contributed by atoms with Crippen LogP contribution in [0, 0.1) is 12.8 Å². The van der Waals surface area contributed by atoms with Crippen molar-refractivity contribution in [3.05, 3.63) is 16.4 Å². The van der Waals surface area contributed by atoms with Gasteiger partial charge in [0.25, 0.3) is 0 Å². The summed E-state index contributed by atoms with van der Waals surface area (Å²) in [6.45, 7) is 8.71. The number of aromatic nitrogens is 2. The molecule has 1 N–H and O–H groups in total. The first-order valence-corrected chi connectivity index (χ1v) is 6.28. The molecule has 0 amide bonds. The molecule has 1 aromatic heterocycles. The molecule has 0 fully saturated rings. The van der Waals surface area contributed by atoms with Crippen molar-refractivity contribution in [1.82, 2.24) is 9.78 Å². The summed E-state index contributed by atoms with van der Waals surface area (Å²) in [5.74, 6) is 0.249. The minimum atomic E-state index is -0.304. The Morgan fingerprint density at radius 2 is 2.06 bits per heavy atom. The predicted octanol–water partition coefficient (Wildman–Crippen LogP) is 2.81. The number of aliphatic hydroxyl groups excluding tert-OH is 1. The normalized spacial score (nSPS) is 15.1. The Labute approximate surface area is 102 Å². The van der Waals surface area contributed by atoms with Gasteiger partial charge in [0, 0.05) is 6.54 Å². The Morgan fingerprint density at radius 3 is 2.50 bits per heavy atom. The maximum absolute atomic E-state index is 9.66. The summed E-state index contributed by atoms with van der Waals surface area (Å²) >= 11 is 6.23. The number of rotatable bonds is 5. The minimum absolute atomic E-state index is 0.249. The SMILES string of the molecule is CCC(Cc1c(Cl)c(C)nn1CC)C(C)O. The van der Waals surface area contributed by atoms with Crippen LogP contribution >= 0.6 is 11.6 Å². The van der Waals surface area contributed by atoms with Crippen LogP contribution in [0.3, 0.4) is 0 Å². The Balaban J connectivity index is 2.94. The second-order valence-electron chi connectivity index (χ2n) is 4.27. The van der Waals surface area contributed by atoms with Gasteiger partial charge in [-0.2, -0.15) is 5.10 Å². The molecule has 2 unspecified atom stereocenters. The summed E-state index contributed by atoms with van der Waals surface area (Å²) in [5.41, 5.74) is 1.92. The average Bonchev–Trinajstić information content (AvgIpc) is 2.51. The zero-order chi connectivity index (χ0) is 12.3. The first kappa shape index (κ1) is 13.5. The Bertz CT molecular complexity index is 347. The summed E-state index contributed by atoms with van der Waals surface area (Å²) in [6, 6.07) is 0. The molecule has 1 aromatic rings. The molecule has 0 aliphatic carbocycles. The van der Waals surface area contributed by atoms with Gasteiger partial charge in [0.15, 0.2) is 0 Å². The Hall–Kier alpha value is -0.540. The molecule has 0 radical (unpaired) electrons. The molecular formula is C12H21ClN2O. The van der Waals surface area contributed by atoms with Gasteiger partial charge in [-0.1, -0.05) is 24.9 Å². The van der Waals surface area contributed by atoms with Gasteiger partial charge in [0.2, 0.25) is 0 Å². The monoisotopic (exact) mass is 244 g/mol. The van der Waals surface area contributed by atoms with Crippen LogP contribution in [0.4, 0.5) is 0 Å². The first-order chi connectivity index (χ1) is 7.51. The lowest BCUT2D eigenvalue weighted by molar-refractivity contribution is 0.121. The zero-order valence-corrected chi connectivity index (χ0v) is 11.3. The highest BCUT2D eigenvalue weighted by Crippen LogP contribution is 2.25. The van der Waals surface area contributed by atoms with Gasteiger partial charge in [-0.3, -0.25) is 4.68 Å². The second kappa shape index (κ2) is 5.69. The highest BCUT2D eigenvalue weighted by atomic mass is 35.5. The van der Waals surface area contributed by atoms with Crippen LogP contribution in [0.1, 0.15) is 38.6 Å². The van der Waals surface area contributed by atoms with E-state index >= 15 is 0 Å². The van der Waals surface area contributed by atoms with E-state index in [9.17, 15) is 5.11 Å². The predicted molar refractivity (Wildman–Crippen MR) is 66.8 cm³/mol. The fraction of sp³-hybridized carbons (Fsp3) is 0.750. The van der Waals surface area contributed by atoms with E-state index in [-0.39, 0.29) is 12.0 Å². The summed E-state index contributed by atoms with van der Waals surface area (Å²) < 4.78 is 1.93. The van der Waals surface area contributed by atoms with E-state index in [1.807, 2.05) is 18.5 Å². The smallest absolute Gasteiger partial charge is 0.0847 e. The molecule has 0 aliphatic rings. The number of nitrogens with zero attached hydrogens (tertiary/aromatic N) is 2. The van der Waals surface area contributed by atoms with Crippen molar-refractivity contribution < 1.29 is 5.11 Å². The Morgan fingerprint density at radius 1 is 1.44 bits per heavy atom. The van der Waals surface area contributed by atoms with Gasteiger partial charge < -0.3 is 5.11 Å². The molecule has 3 nitrogen and oxygen atoms in total. The molecule has 0 saturated carbocycles. The fourth-order valence-electron chi connectivity index (χ4n) is 1.97. The molecule has 0 saturated heterocycles. The van der Waals surface area contributed by atoms with Gasteiger partial charge in [0.05, 0.1) is 22.5 Å². The third-order valence-corrected chi connectivity index (χ3v) is 3.61. The molecule has 92 valence electrons. The maximum atomic E-state index is 9.66. The van der Waals surface area contributed by atoms with Crippen LogP contribution in [0.2, 0.25) is 5.02 Å². The highest BCUT2D eigenvalue weighted by Gasteiger charge is 2.19. The maximum Gasteiger partial charge on any atom is 0.0847 e. The molecule has 0 aliphatic heterocycles. The standard InChI is InChI=1S/C12H21ClN2O/c1-5-10(9(4)16)7-11-12(13)8(3)14-15(11)6-2/h9-10,16H,5-7H2,1-4H3. The molecule has 0 bridgehead atoms. The average molecular weight is 245 g/mol. The zero-order valence-electron chi connectivity index (χ0n) is 10.5. The molecule has 4 heteroatoms. The van der Waals surface area contributed by atoms with Crippen LogP contribution in [0.15, 0.2) is 0 Å². The van der Waals surface area contributed by atoms with E-state index in [1.165, 1.54) is 0 Å². The van der Waals surface area contributed by atoms with Gasteiger partial charge in [-0.05, 0) is 33.1 Å². The summed E-state index contributed by atoms with van der Waals surface area (Å²) in [7, 11) is 0. The van der Waals surface area contributed by atoms with Gasteiger partial charge >= 0.3 is 0 Å². The lowest BCUT2D eigenvalue weighted by atomic mass is 9.95.